The summed E-state index contributed by atoms with van der Waals surface area (Å²) in [5.74, 6) is -2.26. The topological polar surface area (TPSA) is 111 Å². The van der Waals surface area contributed by atoms with E-state index in [1.807, 2.05) is 21.1 Å². The molecule has 0 aliphatic heterocycles. The summed E-state index contributed by atoms with van der Waals surface area (Å²) < 4.78 is 22.8. The number of carbonyl (C=O) groups is 3. The number of carbonyl (C=O) groups excluding carboxylic acids is 3. The van der Waals surface area contributed by atoms with Crippen LogP contribution in [0.2, 0.25) is 0 Å². The van der Waals surface area contributed by atoms with Crippen LogP contribution < -0.4 is 5.11 Å². The first-order valence-corrected chi connectivity index (χ1v) is 34.1. The van der Waals surface area contributed by atoms with Crippen LogP contribution in [0.25, 0.3) is 0 Å². The molecule has 2 atom stereocenters. The summed E-state index contributed by atoms with van der Waals surface area (Å²) in [5.41, 5.74) is 0. The van der Waals surface area contributed by atoms with Gasteiger partial charge in [-0.3, -0.25) is 9.59 Å². The SMILES string of the molecule is CC/C=C\C/C=C\C/C=C\C/C=C\C/C=C\C/C=C\CCCCCCCCCCCCCCCCCCC(=O)OC(COC(=O)CCCCCCCCCCCCCCCCCCCCCCC)COC(OCC[N+](C)(C)C)C(=O)[O-]. The number of hydrogen-bond acceptors (Lipinski definition) is 8. The highest BCUT2D eigenvalue weighted by Gasteiger charge is 2.22. The van der Waals surface area contributed by atoms with Crippen LogP contribution in [-0.4, -0.2) is 82.3 Å². The second kappa shape index (κ2) is 62.8. The number of unbranched alkanes of at least 4 members (excludes halogenated alkanes) is 36. The average molecular weight is 1140 g/mol. The molecule has 0 aromatic heterocycles. The first-order chi connectivity index (χ1) is 39.6. The lowest BCUT2D eigenvalue weighted by atomic mass is 10.0. The number of nitrogens with zero attached hydrogens (tertiary/aromatic N) is 1. The summed E-state index contributed by atoms with van der Waals surface area (Å²) in [6, 6.07) is 0. The number of rotatable bonds is 63. The third-order valence-corrected chi connectivity index (χ3v) is 15.0. The van der Waals surface area contributed by atoms with Gasteiger partial charge in [-0.25, -0.2) is 0 Å². The molecule has 0 aromatic carbocycles. The fourth-order valence-electron chi connectivity index (χ4n) is 9.78. The highest BCUT2D eigenvalue weighted by molar-refractivity contribution is 5.70. The lowest BCUT2D eigenvalue weighted by molar-refractivity contribution is -0.870. The van der Waals surface area contributed by atoms with Gasteiger partial charge in [0.15, 0.2) is 12.4 Å². The Hall–Kier alpha value is -3.27. The predicted octanol–water partition coefficient (Wildman–Crippen LogP) is 19.6. The van der Waals surface area contributed by atoms with Crippen molar-refractivity contribution in [1.82, 2.24) is 0 Å². The molecule has 0 fully saturated rings. The Bertz CT molecular complexity index is 1560. The molecular formula is C72H129NO8. The number of likely N-dealkylation sites (N-methyl/N-ethyl adjacent to an activating group) is 1. The van der Waals surface area contributed by atoms with Crippen LogP contribution >= 0.6 is 0 Å². The molecular weight excluding hydrogens is 1010 g/mol. The lowest BCUT2D eigenvalue weighted by Gasteiger charge is -2.26. The monoisotopic (exact) mass is 1140 g/mol. The van der Waals surface area contributed by atoms with Crippen LogP contribution in [0.3, 0.4) is 0 Å². The van der Waals surface area contributed by atoms with Gasteiger partial charge in [-0.2, -0.15) is 0 Å². The number of carboxylic acids is 1. The average Bonchev–Trinajstić information content (AvgIpc) is 3.44. The summed E-state index contributed by atoms with van der Waals surface area (Å²) in [5, 5.41) is 11.8. The fourth-order valence-corrected chi connectivity index (χ4v) is 9.78. The molecule has 0 rings (SSSR count). The van der Waals surface area contributed by atoms with E-state index in [4.69, 9.17) is 18.9 Å². The maximum absolute atomic E-state index is 12.9. The highest BCUT2D eigenvalue weighted by atomic mass is 16.7. The van der Waals surface area contributed by atoms with E-state index < -0.39 is 24.3 Å². The fraction of sp³-hybridized carbons (Fsp3) is 0.792. The van der Waals surface area contributed by atoms with Gasteiger partial charge in [-0.05, 0) is 64.2 Å². The molecule has 0 amide bonds. The first-order valence-electron chi connectivity index (χ1n) is 34.1. The Kier molecular flexibility index (Phi) is 60.2. The summed E-state index contributed by atoms with van der Waals surface area (Å²) in [4.78, 5) is 37.4. The molecule has 0 aromatic rings. The third kappa shape index (κ3) is 64.1. The molecule has 470 valence electrons. The zero-order chi connectivity index (χ0) is 59.1. The molecule has 0 N–H and O–H groups in total. The van der Waals surface area contributed by atoms with Crippen molar-refractivity contribution in [3.63, 3.8) is 0 Å². The largest absolute Gasteiger partial charge is 0.545 e. The van der Waals surface area contributed by atoms with Crippen LogP contribution in [0, 0.1) is 0 Å². The number of allylic oxidation sites excluding steroid dienone is 12. The molecule has 81 heavy (non-hydrogen) atoms. The highest BCUT2D eigenvalue weighted by Crippen LogP contribution is 2.18. The van der Waals surface area contributed by atoms with E-state index >= 15 is 0 Å². The van der Waals surface area contributed by atoms with Crippen molar-refractivity contribution < 1.29 is 42.9 Å². The van der Waals surface area contributed by atoms with Gasteiger partial charge in [0.2, 0.25) is 0 Å². The maximum Gasteiger partial charge on any atom is 0.306 e. The number of hydrogen-bond donors (Lipinski definition) is 0. The van der Waals surface area contributed by atoms with E-state index in [0.29, 0.717) is 23.9 Å². The standard InChI is InChI=1S/C72H129NO8/c1-6-8-10-12-14-16-18-20-22-24-26-28-29-30-31-32-33-34-35-36-37-38-39-40-41-43-45-47-49-51-53-55-57-59-61-63-70(75)81-68(67-80-72(71(76)77)78-65-64-73(3,4)5)66-79-69(74)62-60-58-56-54-52-50-48-46-44-42-27-25-23-21-19-17-15-13-11-9-7-2/h8,10,14,16,20,22,26,28,30-31,33-34,68,72H,6-7,9,11-13,15,17-19,21,23-25,27,29,32,35-67H2,1-5H3/b10-8-,16-14-,22-20-,28-26-,31-30-,34-33-. The van der Waals surface area contributed by atoms with Crippen molar-refractivity contribution in [2.45, 2.75) is 322 Å². The van der Waals surface area contributed by atoms with Gasteiger partial charge < -0.3 is 33.3 Å². The van der Waals surface area contributed by atoms with Gasteiger partial charge in [0.25, 0.3) is 0 Å². The quantitative estimate of drug-likeness (QED) is 0.0195. The molecule has 0 heterocycles. The Morgan fingerprint density at radius 1 is 0.383 bits per heavy atom. The minimum Gasteiger partial charge on any atom is -0.545 e. The summed E-state index contributed by atoms with van der Waals surface area (Å²) in [6.45, 7) is 4.68. The second-order valence-corrected chi connectivity index (χ2v) is 24.1. The van der Waals surface area contributed by atoms with Gasteiger partial charge in [0.05, 0.1) is 40.3 Å². The Morgan fingerprint density at radius 3 is 1.05 bits per heavy atom. The summed E-state index contributed by atoms with van der Waals surface area (Å²) >= 11 is 0. The summed E-state index contributed by atoms with van der Waals surface area (Å²) in [6.07, 6.45) is 79.8. The van der Waals surface area contributed by atoms with Crippen molar-refractivity contribution in [2.24, 2.45) is 0 Å². The van der Waals surface area contributed by atoms with Crippen molar-refractivity contribution in [3.05, 3.63) is 72.9 Å². The number of esters is 2. The van der Waals surface area contributed by atoms with Crippen molar-refractivity contribution in [2.75, 3.05) is 47.5 Å². The molecule has 0 aliphatic carbocycles. The van der Waals surface area contributed by atoms with Crippen LogP contribution in [0.15, 0.2) is 72.9 Å². The predicted molar refractivity (Wildman–Crippen MR) is 343 cm³/mol. The van der Waals surface area contributed by atoms with E-state index in [0.717, 1.165) is 70.6 Å². The number of ether oxygens (including phenoxy) is 4. The number of aliphatic carboxylic acids is 1. The number of quaternary nitrogens is 1. The molecule has 0 spiro atoms. The minimum absolute atomic E-state index is 0.148. The van der Waals surface area contributed by atoms with E-state index in [1.54, 1.807) is 0 Å². The summed E-state index contributed by atoms with van der Waals surface area (Å²) in [7, 11) is 5.94. The second-order valence-electron chi connectivity index (χ2n) is 24.1. The number of carboxylic acid groups (broad SMARTS) is 1. The molecule has 0 saturated carbocycles. The zero-order valence-electron chi connectivity index (χ0n) is 53.7. The van der Waals surface area contributed by atoms with Crippen molar-refractivity contribution in [1.29, 1.82) is 0 Å². The van der Waals surface area contributed by atoms with Crippen LogP contribution in [-0.2, 0) is 33.3 Å². The van der Waals surface area contributed by atoms with E-state index in [-0.39, 0.29) is 32.2 Å². The Labute approximate surface area is 500 Å². The molecule has 0 bridgehead atoms. The molecule has 2 unspecified atom stereocenters. The van der Waals surface area contributed by atoms with Crippen molar-refractivity contribution in [3.8, 4) is 0 Å². The van der Waals surface area contributed by atoms with Crippen LogP contribution in [0.4, 0.5) is 0 Å². The first kappa shape index (κ1) is 77.7. The van der Waals surface area contributed by atoms with E-state index in [9.17, 15) is 19.5 Å². The van der Waals surface area contributed by atoms with Crippen LogP contribution in [0.1, 0.15) is 309 Å². The Balaban J connectivity index is 4.08. The molecule has 9 heteroatoms. The van der Waals surface area contributed by atoms with Crippen LogP contribution in [0.5, 0.6) is 0 Å². The van der Waals surface area contributed by atoms with Gasteiger partial charge in [0, 0.05) is 12.8 Å². The lowest BCUT2D eigenvalue weighted by Crippen LogP contribution is -2.44. The third-order valence-electron chi connectivity index (χ3n) is 15.0. The maximum atomic E-state index is 12.9. The van der Waals surface area contributed by atoms with Gasteiger partial charge in [0.1, 0.15) is 13.2 Å². The zero-order valence-corrected chi connectivity index (χ0v) is 53.7. The molecule has 0 radical (unpaired) electrons. The molecule has 9 nitrogen and oxygen atoms in total. The van der Waals surface area contributed by atoms with Crippen molar-refractivity contribution >= 4 is 17.9 Å². The van der Waals surface area contributed by atoms with Gasteiger partial charge >= 0.3 is 11.9 Å². The minimum atomic E-state index is -1.62. The van der Waals surface area contributed by atoms with E-state index in [1.165, 1.54) is 205 Å². The van der Waals surface area contributed by atoms with Gasteiger partial charge in [-0.1, -0.05) is 305 Å². The Morgan fingerprint density at radius 2 is 0.704 bits per heavy atom. The smallest absolute Gasteiger partial charge is 0.306 e. The normalized spacial score (nSPS) is 13.1. The molecule has 0 aliphatic rings. The van der Waals surface area contributed by atoms with E-state index in [2.05, 4.69) is 86.8 Å². The van der Waals surface area contributed by atoms with Gasteiger partial charge in [-0.15, -0.1) is 0 Å². The molecule has 0 saturated heterocycles.